The van der Waals surface area contributed by atoms with Gasteiger partial charge in [0.2, 0.25) is 0 Å². The largest absolute Gasteiger partial charge is 0.328 e. The lowest BCUT2D eigenvalue weighted by molar-refractivity contribution is -0.996. The van der Waals surface area contributed by atoms with Gasteiger partial charge in [-0.3, -0.25) is 0 Å². The van der Waals surface area contributed by atoms with E-state index in [4.69, 9.17) is 0 Å². The van der Waals surface area contributed by atoms with E-state index < -0.39 is 0 Å². The predicted octanol–water partition coefficient (Wildman–Crippen LogP) is 5.47. The zero-order valence-electron chi connectivity index (χ0n) is 18.4. The van der Waals surface area contributed by atoms with Crippen molar-refractivity contribution >= 4 is 0 Å². The second-order valence-electron chi connectivity index (χ2n) is 10.5. The fourth-order valence-corrected chi connectivity index (χ4v) is 4.00. The van der Waals surface area contributed by atoms with Crippen LogP contribution in [0.5, 0.6) is 0 Å². The highest BCUT2D eigenvalue weighted by Gasteiger charge is 2.48. The predicted molar refractivity (Wildman–Crippen MR) is 108 cm³/mol. The standard InChI is InChI=1S/C22H48N2/c1-9-22(5,10-2)16-19-23(6,7)17-13-11-12-14-18-24(8)20-15-21(24,3)4/h9-20H2,1-8H3/q+2. The van der Waals surface area contributed by atoms with Crippen LogP contribution >= 0.6 is 0 Å². The van der Waals surface area contributed by atoms with Gasteiger partial charge in [-0.2, -0.15) is 0 Å². The SMILES string of the molecule is CCC(C)(CC)CC[N+](C)(C)CCCCCC[N+]1(C)CCC1(C)C. The minimum Gasteiger partial charge on any atom is -0.328 e. The Morgan fingerprint density at radius 2 is 1.54 bits per heavy atom. The third-order valence-electron chi connectivity index (χ3n) is 7.87. The molecule has 0 saturated carbocycles. The topological polar surface area (TPSA) is 0 Å². The van der Waals surface area contributed by atoms with Gasteiger partial charge >= 0.3 is 0 Å². The van der Waals surface area contributed by atoms with E-state index in [0.717, 1.165) is 0 Å². The Hall–Kier alpha value is -0.0800. The molecule has 0 amide bonds. The average Bonchev–Trinajstić information content (AvgIpc) is 2.54. The Morgan fingerprint density at radius 3 is 2.00 bits per heavy atom. The van der Waals surface area contributed by atoms with Crippen molar-refractivity contribution in [3.05, 3.63) is 0 Å². The first-order valence-electron chi connectivity index (χ1n) is 10.7. The van der Waals surface area contributed by atoms with E-state index >= 15 is 0 Å². The van der Waals surface area contributed by atoms with Crippen LogP contribution < -0.4 is 0 Å². The zero-order valence-corrected chi connectivity index (χ0v) is 18.4. The maximum Gasteiger partial charge on any atom is 0.0987 e. The van der Waals surface area contributed by atoms with Crippen molar-refractivity contribution in [1.29, 1.82) is 0 Å². The molecule has 24 heavy (non-hydrogen) atoms. The molecule has 2 nitrogen and oxygen atoms in total. The Morgan fingerprint density at radius 1 is 0.958 bits per heavy atom. The van der Waals surface area contributed by atoms with E-state index in [1.165, 1.54) is 86.5 Å². The van der Waals surface area contributed by atoms with Gasteiger partial charge in [0.05, 0.1) is 59.3 Å². The minimum atomic E-state index is 0.532. The van der Waals surface area contributed by atoms with Crippen LogP contribution in [0.2, 0.25) is 0 Å². The van der Waals surface area contributed by atoms with Gasteiger partial charge < -0.3 is 8.97 Å². The molecule has 1 aliphatic heterocycles. The molecule has 0 bridgehead atoms. The molecule has 0 aromatic rings. The molecule has 0 aliphatic carbocycles. The van der Waals surface area contributed by atoms with E-state index in [1.807, 2.05) is 0 Å². The molecule has 0 radical (unpaired) electrons. The molecule has 1 unspecified atom stereocenters. The third-order valence-corrected chi connectivity index (χ3v) is 7.87. The molecule has 1 rings (SSSR count). The van der Waals surface area contributed by atoms with Crippen molar-refractivity contribution in [1.82, 2.24) is 0 Å². The molecule has 144 valence electrons. The third kappa shape index (κ3) is 6.02. The van der Waals surface area contributed by atoms with Crippen LogP contribution in [0.1, 0.15) is 86.0 Å². The lowest BCUT2D eigenvalue weighted by Crippen LogP contribution is -2.69. The highest BCUT2D eigenvalue weighted by Crippen LogP contribution is 2.37. The second-order valence-corrected chi connectivity index (χ2v) is 10.5. The monoisotopic (exact) mass is 340 g/mol. The first-order chi connectivity index (χ1) is 11.0. The fraction of sp³-hybridized carbons (Fsp3) is 1.00. The molecule has 1 fully saturated rings. The Kier molecular flexibility index (Phi) is 7.81. The first kappa shape index (κ1) is 22.0. The summed E-state index contributed by atoms with van der Waals surface area (Å²) >= 11 is 0. The fourth-order valence-electron chi connectivity index (χ4n) is 4.00. The Bertz CT molecular complexity index is 368. The summed E-state index contributed by atoms with van der Waals surface area (Å²) in [6.07, 6.45) is 11.1. The van der Waals surface area contributed by atoms with Crippen LogP contribution in [-0.4, -0.2) is 61.8 Å². The molecule has 0 spiro atoms. The zero-order chi connectivity index (χ0) is 18.5. The quantitative estimate of drug-likeness (QED) is 0.326. The highest BCUT2D eigenvalue weighted by atomic mass is 15.4. The summed E-state index contributed by atoms with van der Waals surface area (Å²) in [6.45, 7) is 17.5. The molecule has 0 aromatic carbocycles. The highest BCUT2D eigenvalue weighted by molar-refractivity contribution is 4.78. The summed E-state index contributed by atoms with van der Waals surface area (Å²) in [5, 5.41) is 0. The summed E-state index contributed by atoms with van der Waals surface area (Å²) in [4.78, 5) is 0. The molecular formula is C22H48N2+2. The minimum absolute atomic E-state index is 0.532. The van der Waals surface area contributed by atoms with Gasteiger partial charge in [0.15, 0.2) is 0 Å². The molecule has 1 heterocycles. The molecule has 1 saturated heterocycles. The number of rotatable bonds is 12. The van der Waals surface area contributed by atoms with Gasteiger partial charge in [0, 0.05) is 6.42 Å². The summed E-state index contributed by atoms with van der Waals surface area (Å²) in [5.41, 5.74) is 1.09. The van der Waals surface area contributed by atoms with Gasteiger partial charge in [0.25, 0.3) is 0 Å². The summed E-state index contributed by atoms with van der Waals surface area (Å²) in [6, 6.07) is 0. The first-order valence-corrected chi connectivity index (χ1v) is 10.7. The molecular weight excluding hydrogens is 292 g/mol. The van der Waals surface area contributed by atoms with Gasteiger partial charge in [-0.25, -0.2) is 0 Å². The van der Waals surface area contributed by atoms with Crippen molar-refractivity contribution < 1.29 is 8.97 Å². The van der Waals surface area contributed by atoms with Gasteiger partial charge in [0.1, 0.15) is 0 Å². The summed E-state index contributed by atoms with van der Waals surface area (Å²) < 4.78 is 2.51. The number of nitrogens with zero attached hydrogens (tertiary/aromatic N) is 2. The van der Waals surface area contributed by atoms with Crippen molar-refractivity contribution in [2.45, 2.75) is 91.5 Å². The van der Waals surface area contributed by atoms with Crippen molar-refractivity contribution in [2.75, 3.05) is 47.3 Å². The van der Waals surface area contributed by atoms with Crippen molar-refractivity contribution in [2.24, 2.45) is 5.41 Å². The Labute approximate surface area is 153 Å². The van der Waals surface area contributed by atoms with Crippen LogP contribution in [0, 0.1) is 5.41 Å². The summed E-state index contributed by atoms with van der Waals surface area (Å²) in [7, 11) is 7.32. The van der Waals surface area contributed by atoms with E-state index in [1.54, 1.807) is 0 Å². The number of hydrogen-bond acceptors (Lipinski definition) is 0. The smallest absolute Gasteiger partial charge is 0.0987 e. The molecule has 1 atom stereocenters. The van der Waals surface area contributed by atoms with Crippen LogP contribution in [0.3, 0.4) is 0 Å². The summed E-state index contributed by atoms with van der Waals surface area (Å²) in [5.74, 6) is 0. The van der Waals surface area contributed by atoms with Crippen molar-refractivity contribution in [3.63, 3.8) is 0 Å². The van der Waals surface area contributed by atoms with Crippen LogP contribution in [0.4, 0.5) is 0 Å². The molecule has 2 heteroatoms. The van der Waals surface area contributed by atoms with E-state index in [2.05, 4.69) is 55.8 Å². The number of unbranched alkanes of at least 4 members (excludes halogenated alkanes) is 3. The van der Waals surface area contributed by atoms with E-state index in [0.29, 0.717) is 11.0 Å². The van der Waals surface area contributed by atoms with Crippen molar-refractivity contribution in [3.8, 4) is 0 Å². The lowest BCUT2D eigenvalue weighted by Gasteiger charge is -2.56. The lowest BCUT2D eigenvalue weighted by atomic mass is 9.81. The van der Waals surface area contributed by atoms with Crippen LogP contribution in [0.25, 0.3) is 0 Å². The second kappa shape index (κ2) is 8.54. The van der Waals surface area contributed by atoms with Crippen LogP contribution in [0.15, 0.2) is 0 Å². The normalized spacial score (nSPS) is 24.0. The van der Waals surface area contributed by atoms with Gasteiger partial charge in [-0.1, -0.05) is 33.6 Å². The number of hydrogen-bond donors (Lipinski definition) is 0. The van der Waals surface area contributed by atoms with Gasteiger partial charge in [-0.15, -0.1) is 0 Å². The maximum absolute atomic E-state index is 2.47. The Balaban J connectivity index is 2.15. The number of likely N-dealkylation sites (tertiary alicyclic amines) is 1. The average molecular weight is 341 g/mol. The molecule has 0 N–H and O–H groups in total. The number of quaternary nitrogens is 2. The maximum atomic E-state index is 2.47. The van der Waals surface area contributed by atoms with E-state index in [-0.39, 0.29) is 0 Å². The van der Waals surface area contributed by atoms with Crippen LogP contribution in [-0.2, 0) is 0 Å². The van der Waals surface area contributed by atoms with E-state index in [9.17, 15) is 0 Å². The molecule has 1 aliphatic rings. The molecule has 0 aromatic heterocycles. The van der Waals surface area contributed by atoms with Gasteiger partial charge in [-0.05, 0) is 44.9 Å².